The highest BCUT2D eigenvalue weighted by molar-refractivity contribution is 5.79. The van der Waals surface area contributed by atoms with Gasteiger partial charge in [0, 0.05) is 27.2 Å². The first-order valence-corrected chi connectivity index (χ1v) is 9.37. The van der Waals surface area contributed by atoms with Gasteiger partial charge in [0.25, 0.3) is 0 Å². The summed E-state index contributed by atoms with van der Waals surface area (Å²) in [6, 6.07) is 13.9. The van der Waals surface area contributed by atoms with Crippen LogP contribution in [0.15, 0.2) is 64.3 Å². The van der Waals surface area contributed by atoms with Gasteiger partial charge in [-0.05, 0) is 24.1 Å². The van der Waals surface area contributed by atoms with Gasteiger partial charge in [-0.1, -0.05) is 30.3 Å². The summed E-state index contributed by atoms with van der Waals surface area (Å²) < 4.78 is 10.8. The number of imidazole rings is 1. The fourth-order valence-electron chi connectivity index (χ4n) is 2.83. The largest absolute Gasteiger partial charge is 0.467 e. The predicted octanol–water partition coefficient (Wildman–Crippen LogP) is 3.28. The number of nitrogens with one attached hydrogen (secondary N) is 2. The van der Waals surface area contributed by atoms with Gasteiger partial charge in [0.1, 0.15) is 18.2 Å². The lowest BCUT2D eigenvalue weighted by atomic mass is 10.2. The van der Waals surface area contributed by atoms with Crippen LogP contribution in [-0.2, 0) is 17.9 Å². The molecule has 0 fully saturated rings. The normalized spacial score (nSPS) is 11.6. The Kier molecular flexibility index (Phi) is 7.26. The third kappa shape index (κ3) is 5.72. The van der Waals surface area contributed by atoms with E-state index in [9.17, 15) is 0 Å². The number of nitrogens with zero attached hydrogens (tertiary/aromatic N) is 3. The first-order chi connectivity index (χ1) is 13.8. The van der Waals surface area contributed by atoms with E-state index < -0.39 is 0 Å². The van der Waals surface area contributed by atoms with Gasteiger partial charge in [-0.3, -0.25) is 4.99 Å². The molecule has 3 rings (SSSR count). The Labute approximate surface area is 165 Å². The van der Waals surface area contributed by atoms with Crippen LogP contribution in [-0.4, -0.2) is 48.1 Å². The maximum Gasteiger partial charge on any atom is 0.193 e. The summed E-state index contributed by atoms with van der Waals surface area (Å²) in [5.74, 6) is 2.56. The van der Waals surface area contributed by atoms with Crippen LogP contribution in [0.5, 0.6) is 0 Å². The number of hydrogen-bond acceptors (Lipinski definition) is 4. The van der Waals surface area contributed by atoms with E-state index in [0.717, 1.165) is 41.8 Å². The summed E-state index contributed by atoms with van der Waals surface area (Å²) in [6.07, 6.45) is 4.40. The average molecular weight is 381 g/mol. The maximum atomic E-state index is 5.59. The lowest BCUT2D eigenvalue weighted by Crippen LogP contribution is -2.39. The van der Waals surface area contributed by atoms with E-state index in [1.54, 1.807) is 13.3 Å². The minimum absolute atomic E-state index is 0.504. The Morgan fingerprint density at radius 3 is 2.86 bits per heavy atom. The van der Waals surface area contributed by atoms with E-state index in [4.69, 9.17) is 9.15 Å². The van der Waals surface area contributed by atoms with Gasteiger partial charge in [-0.25, -0.2) is 4.98 Å². The quantitative estimate of drug-likeness (QED) is 0.338. The average Bonchev–Trinajstić information content (AvgIpc) is 3.40. The molecule has 7 nitrogen and oxygen atoms in total. The van der Waals surface area contributed by atoms with Crippen molar-refractivity contribution in [3.05, 3.63) is 66.5 Å². The number of aromatic nitrogens is 2. The first kappa shape index (κ1) is 19.7. The number of ether oxygens (including phenoxy) is 1. The molecule has 0 radical (unpaired) electrons. The molecule has 2 heterocycles. The molecule has 0 bridgehead atoms. The molecule has 28 heavy (non-hydrogen) atoms. The summed E-state index contributed by atoms with van der Waals surface area (Å²) >= 11 is 0. The van der Waals surface area contributed by atoms with Gasteiger partial charge >= 0.3 is 0 Å². The number of H-pyrrole nitrogens is 1. The van der Waals surface area contributed by atoms with Gasteiger partial charge in [-0.15, -0.1) is 0 Å². The van der Waals surface area contributed by atoms with Crippen LogP contribution in [0, 0.1) is 0 Å². The van der Waals surface area contributed by atoms with Crippen molar-refractivity contribution in [3.63, 3.8) is 0 Å². The van der Waals surface area contributed by atoms with E-state index in [1.807, 2.05) is 48.5 Å². The van der Waals surface area contributed by atoms with Gasteiger partial charge in [-0.2, -0.15) is 0 Å². The first-order valence-electron chi connectivity index (χ1n) is 9.37. The standard InChI is InChI=1S/C21H27N5O2/c1-22-21(23-11-7-12-27-16-18-10-6-13-28-18)26(2)15-20-24-14-19(25-20)17-8-4-3-5-9-17/h3-6,8-10,13-14H,7,11-12,15-16H2,1-2H3,(H,22,23)(H,24,25). The van der Waals surface area contributed by atoms with Gasteiger partial charge in [0.15, 0.2) is 5.96 Å². The molecule has 2 aromatic heterocycles. The fourth-order valence-corrected chi connectivity index (χ4v) is 2.83. The minimum Gasteiger partial charge on any atom is -0.467 e. The molecular weight excluding hydrogens is 354 g/mol. The molecule has 0 spiro atoms. The highest BCUT2D eigenvalue weighted by Crippen LogP contribution is 2.16. The summed E-state index contributed by atoms with van der Waals surface area (Å²) in [5, 5.41) is 3.35. The van der Waals surface area contributed by atoms with Crippen molar-refractivity contribution in [3.8, 4) is 11.3 Å². The third-order valence-corrected chi connectivity index (χ3v) is 4.25. The van der Waals surface area contributed by atoms with E-state index in [-0.39, 0.29) is 0 Å². The number of guanidine groups is 1. The SMILES string of the molecule is CN=C(NCCCOCc1ccco1)N(C)Cc1ncc(-c2ccccc2)[nH]1. The van der Waals surface area contributed by atoms with Crippen LogP contribution in [0.1, 0.15) is 18.0 Å². The van der Waals surface area contributed by atoms with Crippen molar-refractivity contribution in [2.45, 2.75) is 19.6 Å². The van der Waals surface area contributed by atoms with E-state index in [2.05, 4.69) is 32.4 Å². The number of aliphatic imine (C=N–C) groups is 1. The molecular formula is C21H27N5O2. The zero-order valence-corrected chi connectivity index (χ0v) is 16.4. The van der Waals surface area contributed by atoms with E-state index in [1.165, 1.54) is 0 Å². The Balaban J connectivity index is 1.40. The predicted molar refractivity (Wildman–Crippen MR) is 110 cm³/mol. The molecule has 0 aliphatic carbocycles. The van der Waals surface area contributed by atoms with Crippen molar-refractivity contribution in [1.82, 2.24) is 20.2 Å². The number of benzene rings is 1. The number of furan rings is 1. The summed E-state index contributed by atoms with van der Waals surface area (Å²) in [4.78, 5) is 14.2. The second-order valence-corrected chi connectivity index (χ2v) is 6.43. The highest BCUT2D eigenvalue weighted by atomic mass is 16.5. The second-order valence-electron chi connectivity index (χ2n) is 6.43. The summed E-state index contributed by atoms with van der Waals surface area (Å²) in [7, 11) is 3.78. The molecule has 0 aliphatic heterocycles. The van der Waals surface area contributed by atoms with Crippen molar-refractivity contribution in [2.24, 2.45) is 4.99 Å². The second kappa shape index (κ2) is 10.3. The van der Waals surface area contributed by atoms with E-state index in [0.29, 0.717) is 19.8 Å². The number of aromatic amines is 1. The van der Waals surface area contributed by atoms with Crippen LogP contribution >= 0.6 is 0 Å². The molecule has 0 amide bonds. The third-order valence-electron chi connectivity index (χ3n) is 4.25. The van der Waals surface area contributed by atoms with Crippen LogP contribution < -0.4 is 5.32 Å². The molecule has 3 aromatic rings. The molecule has 2 N–H and O–H groups in total. The number of rotatable bonds is 9. The van der Waals surface area contributed by atoms with Crippen LogP contribution in [0.4, 0.5) is 0 Å². The molecule has 0 atom stereocenters. The summed E-state index contributed by atoms with van der Waals surface area (Å²) in [5.41, 5.74) is 2.14. The highest BCUT2D eigenvalue weighted by Gasteiger charge is 2.09. The van der Waals surface area contributed by atoms with Crippen molar-refractivity contribution >= 4 is 5.96 Å². The number of hydrogen-bond donors (Lipinski definition) is 2. The Morgan fingerprint density at radius 1 is 1.25 bits per heavy atom. The molecule has 0 unspecified atom stereocenters. The monoisotopic (exact) mass is 381 g/mol. The van der Waals surface area contributed by atoms with Crippen LogP contribution in [0.25, 0.3) is 11.3 Å². The van der Waals surface area contributed by atoms with Gasteiger partial charge in [0.2, 0.25) is 0 Å². The molecule has 7 heteroatoms. The maximum absolute atomic E-state index is 5.59. The van der Waals surface area contributed by atoms with Crippen molar-refractivity contribution < 1.29 is 9.15 Å². The van der Waals surface area contributed by atoms with E-state index >= 15 is 0 Å². The Hall–Kier alpha value is -3.06. The molecule has 0 aliphatic rings. The zero-order valence-electron chi connectivity index (χ0n) is 16.4. The Morgan fingerprint density at radius 2 is 2.11 bits per heavy atom. The Bertz CT molecular complexity index is 843. The summed E-state index contributed by atoms with van der Waals surface area (Å²) in [6.45, 7) is 2.58. The molecule has 0 saturated heterocycles. The van der Waals surface area contributed by atoms with Crippen molar-refractivity contribution in [2.75, 3.05) is 27.2 Å². The van der Waals surface area contributed by atoms with Gasteiger partial charge in [0.05, 0.1) is 24.7 Å². The minimum atomic E-state index is 0.504. The topological polar surface area (TPSA) is 78.7 Å². The van der Waals surface area contributed by atoms with Crippen molar-refractivity contribution in [1.29, 1.82) is 0 Å². The zero-order chi connectivity index (χ0) is 19.6. The van der Waals surface area contributed by atoms with Crippen LogP contribution in [0.3, 0.4) is 0 Å². The van der Waals surface area contributed by atoms with Crippen LogP contribution in [0.2, 0.25) is 0 Å². The van der Waals surface area contributed by atoms with Gasteiger partial charge < -0.3 is 24.4 Å². The smallest absolute Gasteiger partial charge is 0.193 e. The fraction of sp³-hybridized carbons (Fsp3) is 0.333. The molecule has 148 valence electrons. The molecule has 0 saturated carbocycles. The lowest BCUT2D eigenvalue weighted by Gasteiger charge is -2.21. The molecule has 1 aromatic carbocycles. The lowest BCUT2D eigenvalue weighted by molar-refractivity contribution is 0.104.